The highest BCUT2D eigenvalue weighted by molar-refractivity contribution is 6.01. The van der Waals surface area contributed by atoms with Gasteiger partial charge < -0.3 is 29.9 Å². The molecule has 0 saturated carbocycles. The van der Waals surface area contributed by atoms with Crippen LogP contribution in [0.4, 0.5) is 0 Å². The van der Waals surface area contributed by atoms with E-state index in [9.17, 15) is 35.1 Å². The zero-order valence-corrected chi connectivity index (χ0v) is 15.3. The summed E-state index contributed by atoms with van der Waals surface area (Å²) in [6, 6.07) is 5.40. The Morgan fingerprint density at radius 2 is 1.39 bits per heavy atom. The number of benzene rings is 2. The fourth-order valence-electron chi connectivity index (χ4n) is 3.43. The van der Waals surface area contributed by atoms with Gasteiger partial charge in [-0.2, -0.15) is 0 Å². The molecule has 154 valence electrons. The third-order valence-corrected chi connectivity index (χ3v) is 4.90. The Morgan fingerprint density at radius 3 is 2.06 bits per heavy atom. The van der Waals surface area contributed by atoms with Crippen molar-refractivity contribution in [2.45, 2.75) is 0 Å². The topological polar surface area (TPSA) is 177 Å². The van der Waals surface area contributed by atoms with Gasteiger partial charge >= 0.3 is 16.8 Å². The SMILES string of the molecule is O=c1oc2cc(O)c(O)cc2c(O)c1-c1cc[o+]c2oc3cc(O)c(O)cc3c(=[OH+])c12. The summed E-state index contributed by atoms with van der Waals surface area (Å²) in [4.78, 5) is 23.5. The molecule has 5 aromatic rings. The summed E-state index contributed by atoms with van der Waals surface area (Å²) in [5, 5.41) is 49.4. The number of phenolic OH excluding ortho intramolecular Hbond substituents is 4. The van der Waals surface area contributed by atoms with Crippen LogP contribution in [0.2, 0.25) is 0 Å². The van der Waals surface area contributed by atoms with Gasteiger partial charge in [0.25, 0.3) is 5.58 Å². The molecule has 10 nitrogen and oxygen atoms in total. The van der Waals surface area contributed by atoms with Gasteiger partial charge in [0.2, 0.25) is 11.6 Å². The second-order valence-electron chi connectivity index (χ2n) is 6.73. The molecule has 0 aliphatic rings. The fourth-order valence-corrected chi connectivity index (χ4v) is 3.43. The molecule has 0 radical (unpaired) electrons. The van der Waals surface area contributed by atoms with Crippen molar-refractivity contribution in [3.8, 4) is 39.9 Å². The summed E-state index contributed by atoms with van der Waals surface area (Å²) in [6.07, 6.45) is 1.14. The van der Waals surface area contributed by atoms with Crippen molar-refractivity contribution < 1.29 is 43.6 Å². The van der Waals surface area contributed by atoms with E-state index < -0.39 is 39.8 Å². The molecule has 0 unspecified atom stereocenters. The molecule has 3 aromatic heterocycles. The molecular formula is C21H12O10+2. The van der Waals surface area contributed by atoms with Crippen LogP contribution in [-0.2, 0) is 0 Å². The van der Waals surface area contributed by atoms with Crippen LogP contribution < -0.4 is 11.1 Å². The van der Waals surface area contributed by atoms with Crippen molar-refractivity contribution in [1.29, 1.82) is 0 Å². The Hall–Kier alpha value is -4.73. The number of fused-ring (bicyclic) bond motifs is 3. The highest BCUT2D eigenvalue weighted by atomic mass is 16.5. The monoisotopic (exact) mass is 424 g/mol. The Kier molecular flexibility index (Phi) is 3.62. The summed E-state index contributed by atoms with van der Waals surface area (Å²) in [5.41, 5.74) is -2.06. The van der Waals surface area contributed by atoms with E-state index in [1.165, 1.54) is 6.07 Å². The van der Waals surface area contributed by atoms with Gasteiger partial charge in [0, 0.05) is 23.8 Å². The van der Waals surface area contributed by atoms with Crippen LogP contribution in [0.1, 0.15) is 0 Å². The first-order chi connectivity index (χ1) is 14.8. The highest BCUT2D eigenvalue weighted by Crippen LogP contribution is 2.40. The van der Waals surface area contributed by atoms with Gasteiger partial charge in [-0.25, -0.2) is 4.79 Å². The summed E-state index contributed by atoms with van der Waals surface area (Å²) in [6.45, 7) is 0. The average molecular weight is 424 g/mol. The fraction of sp³-hybridized carbons (Fsp3) is 0. The Bertz CT molecular complexity index is 1680. The molecule has 0 aliphatic carbocycles. The zero-order chi connectivity index (χ0) is 22.0. The number of rotatable bonds is 1. The Labute approximate surface area is 169 Å². The third kappa shape index (κ3) is 2.55. The van der Waals surface area contributed by atoms with E-state index in [0.29, 0.717) is 0 Å². The van der Waals surface area contributed by atoms with Gasteiger partial charge in [-0.1, -0.05) is 0 Å². The third-order valence-electron chi connectivity index (χ3n) is 4.90. The van der Waals surface area contributed by atoms with E-state index in [1.54, 1.807) is 0 Å². The summed E-state index contributed by atoms with van der Waals surface area (Å²) >= 11 is 0. The van der Waals surface area contributed by atoms with E-state index in [4.69, 9.17) is 13.3 Å². The molecule has 31 heavy (non-hydrogen) atoms. The molecule has 0 amide bonds. The minimum atomic E-state index is -1.00. The number of phenols is 4. The van der Waals surface area contributed by atoms with Gasteiger partial charge in [-0.3, -0.25) is 13.6 Å². The standard InChI is InChI=1S/C21H10O10/c22-10-3-8-14(5-12(10)24)30-20(28)16(18(8)26)7-1-2-29-21-17(7)19(27)9-4-11(23)13(25)6-15(9)31-21/h1-6H,(H4-,22,23,24,25,26,27,28)/p+2. The molecule has 0 spiro atoms. The van der Waals surface area contributed by atoms with Gasteiger partial charge in [-0.05, 0) is 6.07 Å². The first-order valence-electron chi connectivity index (χ1n) is 8.73. The van der Waals surface area contributed by atoms with Crippen LogP contribution in [-0.4, -0.2) is 30.3 Å². The predicted molar refractivity (Wildman–Crippen MR) is 105 cm³/mol. The van der Waals surface area contributed by atoms with Crippen molar-refractivity contribution in [2.75, 3.05) is 0 Å². The predicted octanol–water partition coefficient (Wildman–Crippen LogP) is 2.77. The van der Waals surface area contributed by atoms with Gasteiger partial charge in [0.15, 0.2) is 28.4 Å². The molecule has 0 saturated heterocycles. The Balaban J connectivity index is 1.94. The van der Waals surface area contributed by atoms with E-state index >= 15 is 0 Å². The number of hydrogen-bond acceptors (Lipinski definition) is 8. The first kappa shape index (κ1) is 18.3. The van der Waals surface area contributed by atoms with Crippen molar-refractivity contribution in [3.05, 3.63) is 52.4 Å². The van der Waals surface area contributed by atoms with Gasteiger partial charge in [0.05, 0.1) is 11.5 Å². The van der Waals surface area contributed by atoms with E-state index in [1.807, 2.05) is 0 Å². The quantitative estimate of drug-likeness (QED) is 0.117. The van der Waals surface area contributed by atoms with Gasteiger partial charge in [-0.15, -0.1) is 0 Å². The molecular weight excluding hydrogens is 412 g/mol. The van der Waals surface area contributed by atoms with Crippen LogP contribution in [0.15, 0.2) is 54.6 Å². The van der Waals surface area contributed by atoms with Crippen molar-refractivity contribution in [1.82, 2.24) is 0 Å². The molecule has 6 N–H and O–H groups in total. The normalized spacial score (nSPS) is 11.5. The van der Waals surface area contributed by atoms with Crippen molar-refractivity contribution >= 4 is 33.1 Å². The summed E-state index contributed by atoms with van der Waals surface area (Å²) < 4.78 is 16.0. The second-order valence-corrected chi connectivity index (χ2v) is 6.73. The molecule has 0 bridgehead atoms. The second kappa shape index (κ2) is 6.13. The minimum Gasteiger partial charge on any atom is -0.506 e. The minimum absolute atomic E-state index is 0.00214. The van der Waals surface area contributed by atoms with Crippen LogP contribution >= 0.6 is 0 Å². The highest BCUT2D eigenvalue weighted by Gasteiger charge is 2.30. The van der Waals surface area contributed by atoms with Crippen LogP contribution in [0.3, 0.4) is 0 Å². The first-order valence-corrected chi connectivity index (χ1v) is 8.73. The lowest BCUT2D eigenvalue weighted by Crippen LogP contribution is -2.09. The molecule has 5 rings (SSSR count). The van der Waals surface area contributed by atoms with Crippen LogP contribution in [0, 0.1) is 0 Å². The van der Waals surface area contributed by atoms with Crippen LogP contribution in [0.5, 0.6) is 28.7 Å². The molecule has 0 aliphatic heterocycles. The molecule has 10 heteroatoms. The maximum Gasteiger partial charge on any atom is 0.542 e. The maximum atomic E-state index is 12.7. The lowest BCUT2D eigenvalue weighted by molar-refractivity contribution is 0.402. The summed E-state index contributed by atoms with van der Waals surface area (Å²) in [7, 11) is 0. The van der Waals surface area contributed by atoms with Crippen molar-refractivity contribution in [2.24, 2.45) is 0 Å². The lowest BCUT2D eigenvalue weighted by atomic mass is 10.0. The smallest absolute Gasteiger partial charge is 0.506 e. The van der Waals surface area contributed by atoms with Gasteiger partial charge in [0.1, 0.15) is 16.9 Å². The zero-order valence-electron chi connectivity index (χ0n) is 15.3. The number of hydrogen-bond donors (Lipinski definition) is 5. The summed E-state index contributed by atoms with van der Waals surface area (Å²) in [5.74, 6) is -2.92. The van der Waals surface area contributed by atoms with E-state index in [0.717, 1.165) is 30.5 Å². The van der Waals surface area contributed by atoms with E-state index in [2.05, 4.69) is 0 Å². The van der Waals surface area contributed by atoms with Crippen LogP contribution in [0.25, 0.3) is 44.2 Å². The molecule has 3 heterocycles. The number of aromatic hydroxyl groups is 5. The average Bonchev–Trinajstić information content (AvgIpc) is 2.71. The van der Waals surface area contributed by atoms with Crippen molar-refractivity contribution in [3.63, 3.8) is 0 Å². The Morgan fingerprint density at radius 1 is 0.806 bits per heavy atom. The maximum absolute atomic E-state index is 12.7. The molecule has 0 fully saturated rings. The largest absolute Gasteiger partial charge is 0.542 e. The molecule has 0 atom stereocenters. The molecule has 2 aromatic carbocycles. The van der Waals surface area contributed by atoms with E-state index in [-0.39, 0.29) is 44.2 Å². The lowest BCUT2D eigenvalue weighted by Gasteiger charge is -2.07.